The second kappa shape index (κ2) is 10.5. The fourth-order valence-electron chi connectivity index (χ4n) is 3.41. The topological polar surface area (TPSA) is 136 Å². The van der Waals surface area contributed by atoms with Gasteiger partial charge in [-0.25, -0.2) is 13.4 Å². The van der Waals surface area contributed by atoms with E-state index in [1.54, 1.807) is 55.5 Å². The molecule has 0 fully saturated rings. The second-order valence-electron chi connectivity index (χ2n) is 7.67. The highest BCUT2D eigenvalue weighted by molar-refractivity contribution is 7.92. The summed E-state index contributed by atoms with van der Waals surface area (Å²) in [4.78, 5) is 23.0. The number of aromatic amines is 1. The Morgan fingerprint density at radius 3 is 2.50 bits per heavy atom. The Morgan fingerprint density at radius 1 is 1.06 bits per heavy atom. The van der Waals surface area contributed by atoms with Gasteiger partial charge >= 0.3 is 0 Å². The van der Waals surface area contributed by atoms with Crippen LogP contribution in [0.2, 0.25) is 0 Å². The third-order valence-corrected chi connectivity index (χ3v) is 6.83. The average molecular weight is 512 g/mol. The Kier molecular flexibility index (Phi) is 7.25. The first kappa shape index (κ1) is 24.8. The lowest BCUT2D eigenvalue weighted by Crippen LogP contribution is -2.36. The molecule has 2 heterocycles. The first-order chi connectivity index (χ1) is 17.3. The first-order valence-electron chi connectivity index (χ1n) is 11.0. The number of nitrogens with zero attached hydrogens (tertiary/aromatic N) is 3. The highest BCUT2D eigenvalue weighted by Gasteiger charge is 2.25. The number of rotatable bonds is 10. The van der Waals surface area contributed by atoms with Gasteiger partial charge in [0.2, 0.25) is 5.88 Å². The van der Waals surface area contributed by atoms with Crippen molar-refractivity contribution in [1.29, 1.82) is 0 Å². The number of carbonyl (C=O) groups excluding carboxylic acids is 1. The van der Waals surface area contributed by atoms with Crippen molar-refractivity contribution in [2.75, 3.05) is 29.8 Å². The van der Waals surface area contributed by atoms with Crippen LogP contribution < -0.4 is 24.1 Å². The van der Waals surface area contributed by atoms with E-state index in [1.165, 1.54) is 26.5 Å². The molecule has 0 aliphatic rings. The predicted molar refractivity (Wildman–Crippen MR) is 135 cm³/mol. The van der Waals surface area contributed by atoms with Crippen molar-refractivity contribution >= 4 is 38.3 Å². The van der Waals surface area contributed by atoms with Gasteiger partial charge in [0.1, 0.15) is 5.75 Å². The van der Waals surface area contributed by atoms with Crippen molar-refractivity contribution in [2.45, 2.75) is 13.3 Å². The highest BCUT2D eigenvalue weighted by atomic mass is 32.2. The zero-order valence-corrected chi connectivity index (χ0v) is 20.7. The molecule has 2 aromatic carbocycles. The number of H-pyrrole nitrogens is 1. The molecule has 2 N–H and O–H groups in total. The molecule has 0 aliphatic heterocycles. The average Bonchev–Trinajstić information content (AvgIpc) is 3.30. The van der Waals surface area contributed by atoms with E-state index in [4.69, 9.17) is 14.3 Å². The number of amides is 1. The Bertz CT molecular complexity index is 1470. The summed E-state index contributed by atoms with van der Waals surface area (Å²) in [6.07, 6.45) is 1.87. The summed E-state index contributed by atoms with van der Waals surface area (Å²) >= 11 is 0. The highest BCUT2D eigenvalue weighted by Crippen LogP contribution is 2.27. The van der Waals surface area contributed by atoms with Gasteiger partial charge in [0.05, 0.1) is 42.9 Å². The third-order valence-electron chi connectivity index (χ3n) is 5.11. The van der Waals surface area contributed by atoms with E-state index in [9.17, 15) is 13.2 Å². The van der Waals surface area contributed by atoms with Crippen LogP contribution in [0.3, 0.4) is 0 Å². The third kappa shape index (κ3) is 5.33. The summed E-state index contributed by atoms with van der Waals surface area (Å²) in [5.41, 5.74) is 1.33. The molecule has 0 unspecified atom stereocenters. The molecule has 0 atom stereocenters. The number of ether oxygens (including phenoxy) is 2. The van der Waals surface area contributed by atoms with Crippen molar-refractivity contribution in [3.05, 3.63) is 66.4 Å². The maximum atomic E-state index is 13.0. The molecule has 188 valence electrons. The number of carbonyl (C=O) groups is 1. The SMILES string of the molecule is CCCS(=O)(=O)N(Oc1ccc(OC)cc1)c1cccc(C(=O)Nc2cnc3[nH]nc(OC)c3c2)c1. The molecule has 0 saturated carbocycles. The van der Waals surface area contributed by atoms with Crippen LogP contribution in [0.5, 0.6) is 17.4 Å². The molecule has 1 amide bonds. The molecule has 0 aliphatic carbocycles. The molecule has 0 saturated heterocycles. The maximum absolute atomic E-state index is 13.0. The zero-order chi connectivity index (χ0) is 25.7. The maximum Gasteiger partial charge on any atom is 0.266 e. The number of hydrogen-bond donors (Lipinski definition) is 2. The molecule has 4 rings (SSSR count). The largest absolute Gasteiger partial charge is 0.497 e. The number of nitrogens with one attached hydrogen (secondary N) is 2. The van der Waals surface area contributed by atoms with Gasteiger partial charge in [-0.15, -0.1) is 5.10 Å². The normalized spacial score (nSPS) is 11.2. The van der Waals surface area contributed by atoms with Crippen LogP contribution in [0.25, 0.3) is 11.0 Å². The molecular formula is C24H25N5O6S. The van der Waals surface area contributed by atoms with Gasteiger partial charge in [-0.2, -0.15) is 0 Å². The van der Waals surface area contributed by atoms with Crippen LogP contribution in [-0.4, -0.2) is 49.5 Å². The molecule has 2 aromatic heterocycles. The Labute approximate surface area is 208 Å². The summed E-state index contributed by atoms with van der Waals surface area (Å²) in [6.45, 7) is 1.76. The van der Waals surface area contributed by atoms with E-state index >= 15 is 0 Å². The van der Waals surface area contributed by atoms with E-state index in [-0.39, 0.29) is 17.0 Å². The lowest BCUT2D eigenvalue weighted by atomic mass is 10.2. The zero-order valence-electron chi connectivity index (χ0n) is 19.9. The van der Waals surface area contributed by atoms with E-state index in [0.717, 1.165) is 4.47 Å². The van der Waals surface area contributed by atoms with Crippen molar-refractivity contribution < 1.29 is 27.5 Å². The van der Waals surface area contributed by atoms with Crippen molar-refractivity contribution in [1.82, 2.24) is 15.2 Å². The summed E-state index contributed by atoms with van der Waals surface area (Å²) in [5, 5.41) is 10.1. The number of aromatic nitrogens is 3. The minimum absolute atomic E-state index is 0.141. The van der Waals surface area contributed by atoms with Crippen molar-refractivity contribution in [2.24, 2.45) is 0 Å². The number of methoxy groups -OCH3 is 2. The van der Waals surface area contributed by atoms with Crippen LogP contribution in [0.15, 0.2) is 60.8 Å². The number of hydrogen-bond acceptors (Lipinski definition) is 8. The summed E-state index contributed by atoms with van der Waals surface area (Å²) in [6, 6.07) is 14.3. The molecular weight excluding hydrogens is 486 g/mol. The van der Waals surface area contributed by atoms with Crippen LogP contribution in [0.1, 0.15) is 23.7 Å². The molecule has 0 spiro atoms. The van der Waals surface area contributed by atoms with E-state index in [0.29, 0.717) is 40.5 Å². The standard InChI is InChI=1S/C24H25N5O6S/c1-4-12-36(31,32)29(35-20-10-8-19(33-2)9-11-20)18-7-5-6-16(13-18)23(30)26-17-14-21-22(25-15-17)27-28-24(21)34-3/h5-11,13-15H,4,12H2,1-3H3,(H,26,30)(H,25,27,28). The summed E-state index contributed by atoms with van der Waals surface area (Å²) in [5.74, 6) is 0.641. The first-order valence-corrected chi connectivity index (χ1v) is 12.6. The van der Waals surface area contributed by atoms with Gasteiger partial charge in [0, 0.05) is 5.56 Å². The quantitative estimate of drug-likeness (QED) is 0.307. The van der Waals surface area contributed by atoms with Gasteiger partial charge < -0.3 is 19.6 Å². The lowest BCUT2D eigenvalue weighted by Gasteiger charge is -2.24. The van der Waals surface area contributed by atoms with Gasteiger partial charge in [0.15, 0.2) is 11.4 Å². The van der Waals surface area contributed by atoms with Gasteiger partial charge in [0.25, 0.3) is 15.9 Å². The van der Waals surface area contributed by atoms with E-state index < -0.39 is 15.9 Å². The van der Waals surface area contributed by atoms with Crippen LogP contribution in [0.4, 0.5) is 11.4 Å². The Hall–Kier alpha value is -4.32. The fraction of sp³-hybridized carbons (Fsp3) is 0.208. The Balaban J connectivity index is 1.62. The van der Waals surface area contributed by atoms with Gasteiger partial charge in [-0.3, -0.25) is 9.89 Å². The molecule has 0 radical (unpaired) electrons. The van der Waals surface area contributed by atoms with Crippen molar-refractivity contribution in [3.63, 3.8) is 0 Å². The second-order valence-corrected chi connectivity index (χ2v) is 9.57. The number of sulfonamides is 1. The monoisotopic (exact) mass is 511 g/mol. The van der Waals surface area contributed by atoms with Crippen molar-refractivity contribution in [3.8, 4) is 17.4 Å². The minimum atomic E-state index is -3.85. The molecule has 11 nitrogen and oxygen atoms in total. The van der Waals surface area contributed by atoms with E-state index in [2.05, 4.69) is 20.5 Å². The van der Waals surface area contributed by atoms with Crippen LogP contribution in [0, 0.1) is 0 Å². The van der Waals surface area contributed by atoms with Gasteiger partial charge in [-0.05, 0) is 55.0 Å². The lowest BCUT2D eigenvalue weighted by molar-refractivity contribution is 0.102. The Morgan fingerprint density at radius 2 is 1.81 bits per heavy atom. The molecule has 12 heteroatoms. The van der Waals surface area contributed by atoms with Crippen LogP contribution in [-0.2, 0) is 10.0 Å². The van der Waals surface area contributed by atoms with Crippen LogP contribution >= 0.6 is 0 Å². The minimum Gasteiger partial charge on any atom is -0.497 e. The number of benzene rings is 2. The summed E-state index contributed by atoms with van der Waals surface area (Å²) < 4.78 is 37.2. The predicted octanol–water partition coefficient (Wildman–Crippen LogP) is 3.77. The van der Waals surface area contributed by atoms with Gasteiger partial charge in [-0.1, -0.05) is 17.5 Å². The molecule has 0 bridgehead atoms. The number of fused-ring (bicyclic) bond motifs is 1. The molecule has 4 aromatic rings. The smallest absolute Gasteiger partial charge is 0.266 e. The summed E-state index contributed by atoms with van der Waals surface area (Å²) in [7, 11) is -0.836. The van der Waals surface area contributed by atoms with E-state index in [1.807, 2.05) is 0 Å². The number of pyridine rings is 1. The number of anilines is 2. The fourth-order valence-corrected chi connectivity index (χ4v) is 4.73. The molecule has 36 heavy (non-hydrogen) atoms.